The smallest absolute Gasteiger partial charge is 0.157 e. The Kier molecular flexibility index (Phi) is 2.73. The number of rotatable bonds is 2. The molecule has 0 spiro atoms. The first-order valence-corrected chi connectivity index (χ1v) is 3.62. The summed E-state index contributed by atoms with van der Waals surface area (Å²) in [6, 6.07) is 0. The molecule has 0 amide bonds. The standard InChI is InChI=1S/C7H11NO3/c9-2-1-5-6(10)3-8-4-7(5)11/h5,8-9H,1-4H2. The zero-order valence-electron chi connectivity index (χ0n) is 6.17. The normalized spacial score (nSPS) is 20.8. The Balaban J connectivity index is 2.55. The van der Waals surface area contributed by atoms with E-state index < -0.39 is 5.92 Å². The number of aliphatic hydroxyl groups excluding tert-OH is 1. The van der Waals surface area contributed by atoms with Crippen molar-refractivity contribution in [2.24, 2.45) is 5.92 Å². The van der Waals surface area contributed by atoms with E-state index >= 15 is 0 Å². The Morgan fingerprint density at radius 3 is 2.36 bits per heavy atom. The molecule has 0 aliphatic carbocycles. The zero-order valence-corrected chi connectivity index (χ0v) is 6.17. The van der Waals surface area contributed by atoms with Gasteiger partial charge >= 0.3 is 0 Å². The Hall–Kier alpha value is -0.740. The van der Waals surface area contributed by atoms with Crippen LogP contribution in [0.3, 0.4) is 0 Å². The number of hydrogen-bond donors (Lipinski definition) is 2. The van der Waals surface area contributed by atoms with Gasteiger partial charge < -0.3 is 10.4 Å². The van der Waals surface area contributed by atoms with Gasteiger partial charge in [0.25, 0.3) is 0 Å². The second-order valence-electron chi connectivity index (χ2n) is 2.60. The lowest BCUT2D eigenvalue weighted by Crippen LogP contribution is -2.44. The van der Waals surface area contributed by atoms with Crippen molar-refractivity contribution in [3.8, 4) is 0 Å². The van der Waals surface area contributed by atoms with Crippen LogP contribution in [-0.2, 0) is 9.59 Å². The van der Waals surface area contributed by atoms with Gasteiger partial charge in [0.2, 0.25) is 0 Å². The first-order valence-electron chi connectivity index (χ1n) is 3.62. The fourth-order valence-corrected chi connectivity index (χ4v) is 1.19. The summed E-state index contributed by atoms with van der Waals surface area (Å²) < 4.78 is 0. The van der Waals surface area contributed by atoms with Crippen LogP contribution in [0, 0.1) is 5.92 Å². The number of carbonyl (C=O) groups excluding carboxylic acids is 2. The molecule has 2 N–H and O–H groups in total. The average molecular weight is 157 g/mol. The summed E-state index contributed by atoms with van der Waals surface area (Å²) in [4.78, 5) is 22.0. The molecule has 4 nitrogen and oxygen atoms in total. The van der Waals surface area contributed by atoms with Gasteiger partial charge in [0.05, 0.1) is 19.0 Å². The van der Waals surface area contributed by atoms with Crippen LogP contribution in [0.1, 0.15) is 6.42 Å². The number of Topliss-reactive ketones (excluding diaryl/α,β-unsaturated/α-hetero) is 2. The molecule has 0 aromatic rings. The molecule has 1 saturated heterocycles. The van der Waals surface area contributed by atoms with E-state index in [0.717, 1.165) is 0 Å². The maximum Gasteiger partial charge on any atom is 0.157 e. The van der Waals surface area contributed by atoms with Crippen molar-refractivity contribution in [3.63, 3.8) is 0 Å². The molecule has 0 unspecified atom stereocenters. The fraction of sp³-hybridized carbons (Fsp3) is 0.714. The monoisotopic (exact) mass is 157 g/mol. The minimum atomic E-state index is -0.554. The van der Waals surface area contributed by atoms with Crippen LogP contribution >= 0.6 is 0 Å². The summed E-state index contributed by atoms with van der Waals surface area (Å²) in [5, 5.41) is 11.2. The van der Waals surface area contributed by atoms with Crippen LogP contribution in [0.25, 0.3) is 0 Å². The average Bonchev–Trinajstić information content (AvgIpc) is 1.97. The summed E-state index contributed by atoms with van der Waals surface area (Å²) in [6.07, 6.45) is 0.277. The maximum atomic E-state index is 11.0. The number of nitrogens with one attached hydrogen (secondary N) is 1. The van der Waals surface area contributed by atoms with Gasteiger partial charge in [0.15, 0.2) is 11.6 Å². The Morgan fingerprint density at radius 2 is 1.91 bits per heavy atom. The molecule has 0 saturated carbocycles. The first-order chi connectivity index (χ1) is 5.25. The van der Waals surface area contributed by atoms with Crippen molar-refractivity contribution in [3.05, 3.63) is 0 Å². The molecule has 11 heavy (non-hydrogen) atoms. The van der Waals surface area contributed by atoms with Crippen molar-refractivity contribution >= 4 is 11.6 Å². The Bertz CT molecular complexity index is 163. The third kappa shape index (κ3) is 1.85. The van der Waals surface area contributed by atoms with Crippen molar-refractivity contribution in [2.45, 2.75) is 6.42 Å². The molecule has 0 atom stereocenters. The highest BCUT2D eigenvalue weighted by Gasteiger charge is 2.28. The summed E-state index contributed by atoms with van der Waals surface area (Å²) >= 11 is 0. The minimum absolute atomic E-state index is 0.0951. The van der Waals surface area contributed by atoms with Crippen molar-refractivity contribution in [1.29, 1.82) is 0 Å². The van der Waals surface area contributed by atoms with Crippen molar-refractivity contribution < 1.29 is 14.7 Å². The van der Waals surface area contributed by atoms with E-state index in [1.165, 1.54) is 0 Å². The van der Waals surface area contributed by atoms with Crippen molar-refractivity contribution in [2.75, 3.05) is 19.7 Å². The predicted molar refractivity (Wildman–Crippen MR) is 38.1 cm³/mol. The third-order valence-corrected chi connectivity index (χ3v) is 1.79. The molecule has 62 valence electrons. The van der Waals surface area contributed by atoms with E-state index in [2.05, 4.69) is 5.32 Å². The molecule has 1 aliphatic heterocycles. The molecular formula is C7H11NO3. The number of ketones is 2. The Labute approximate surface area is 64.6 Å². The third-order valence-electron chi connectivity index (χ3n) is 1.79. The second kappa shape index (κ2) is 3.59. The topological polar surface area (TPSA) is 66.4 Å². The quantitative estimate of drug-likeness (QED) is 0.490. The van der Waals surface area contributed by atoms with Gasteiger partial charge in [-0.1, -0.05) is 0 Å². The Morgan fingerprint density at radius 1 is 1.36 bits per heavy atom. The van der Waals surface area contributed by atoms with Crippen LogP contribution < -0.4 is 5.32 Å². The zero-order chi connectivity index (χ0) is 8.27. The van der Waals surface area contributed by atoms with E-state index in [1.54, 1.807) is 0 Å². The summed E-state index contributed by atoms with van der Waals surface area (Å²) in [7, 11) is 0. The van der Waals surface area contributed by atoms with Gasteiger partial charge in [-0.2, -0.15) is 0 Å². The van der Waals surface area contributed by atoms with E-state index in [-0.39, 0.29) is 37.7 Å². The highest BCUT2D eigenvalue weighted by atomic mass is 16.3. The summed E-state index contributed by atoms with van der Waals surface area (Å²) in [5.41, 5.74) is 0. The molecule has 1 aliphatic rings. The van der Waals surface area contributed by atoms with Crippen LogP contribution in [0.2, 0.25) is 0 Å². The molecule has 4 heteroatoms. The van der Waals surface area contributed by atoms with Gasteiger partial charge in [0.1, 0.15) is 0 Å². The van der Waals surface area contributed by atoms with Gasteiger partial charge in [-0.15, -0.1) is 0 Å². The molecule has 1 fully saturated rings. The second-order valence-corrected chi connectivity index (χ2v) is 2.60. The van der Waals surface area contributed by atoms with Crippen LogP contribution in [0.4, 0.5) is 0 Å². The van der Waals surface area contributed by atoms with Gasteiger partial charge in [-0.05, 0) is 6.42 Å². The number of aliphatic hydroxyl groups is 1. The molecule has 0 aromatic carbocycles. The first kappa shape index (κ1) is 8.36. The van der Waals surface area contributed by atoms with Gasteiger partial charge in [-0.3, -0.25) is 9.59 Å². The number of carbonyl (C=O) groups is 2. The molecule has 0 bridgehead atoms. The summed E-state index contributed by atoms with van der Waals surface area (Å²) in [6.45, 7) is 0.426. The molecule has 1 heterocycles. The maximum absolute atomic E-state index is 11.0. The largest absolute Gasteiger partial charge is 0.396 e. The predicted octanol–water partition coefficient (Wildman–Crippen LogP) is -1.27. The highest BCUT2D eigenvalue weighted by molar-refractivity contribution is 6.06. The lowest BCUT2D eigenvalue weighted by Gasteiger charge is -2.18. The lowest BCUT2D eigenvalue weighted by molar-refractivity contribution is -0.134. The SMILES string of the molecule is O=C1CNCC(=O)C1CCO. The van der Waals surface area contributed by atoms with E-state index in [9.17, 15) is 9.59 Å². The van der Waals surface area contributed by atoms with Crippen LogP contribution in [0.15, 0.2) is 0 Å². The van der Waals surface area contributed by atoms with E-state index in [1.807, 2.05) is 0 Å². The van der Waals surface area contributed by atoms with Crippen LogP contribution in [0.5, 0.6) is 0 Å². The van der Waals surface area contributed by atoms with E-state index in [4.69, 9.17) is 5.11 Å². The number of piperidine rings is 1. The molecular weight excluding hydrogens is 146 g/mol. The molecule has 1 rings (SSSR count). The van der Waals surface area contributed by atoms with Gasteiger partial charge in [0, 0.05) is 6.61 Å². The minimum Gasteiger partial charge on any atom is -0.396 e. The van der Waals surface area contributed by atoms with Crippen molar-refractivity contribution in [1.82, 2.24) is 5.32 Å². The molecule has 0 aromatic heterocycles. The number of hydrogen-bond acceptors (Lipinski definition) is 4. The van der Waals surface area contributed by atoms with Gasteiger partial charge in [-0.25, -0.2) is 0 Å². The van der Waals surface area contributed by atoms with E-state index in [0.29, 0.717) is 0 Å². The fourth-order valence-electron chi connectivity index (χ4n) is 1.19. The summed E-state index contributed by atoms with van der Waals surface area (Å²) in [5.74, 6) is -0.758. The van der Waals surface area contributed by atoms with Crippen LogP contribution in [-0.4, -0.2) is 36.4 Å². The highest BCUT2D eigenvalue weighted by Crippen LogP contribution is 2.08. The lowest BCUT2D eigenvalue weighted by atomic mass is 9.92. The molecule has 0 radical (unpaired) electrons.